The monoisotopic (exact) mass is 435 g/mol. The first-order valence-electron chi connectivity index (χ1n) is 12.1. The van der Waals surface area contributed by atoms with Crippen LogP contribution in [0.25, 0.3) is 21.7 Å². The molecule has 0 radical (unpaired) electrons. The summed E-state index contributed by atoms with van der Waals surface area (Å²) in [6.45, 7) is 7.30. The van der Waals surface area contributed by atoms with E-state index in [1.165, 1.54) is 22.8 Å². The summed E-state index contributed by atoms with van der Waals surface area (Å²) in [4.78, 5) is 4.53. The summed E-state index contributed by atoms with van der Waals surface area (Å²) in [5, 5.41) is 15.5. The average Bonchev–Trinajstić information content (AvgIpc) is 2.87. The minimum atomic E-state index is -0.507. The van der Waals surface area contributed by atoms with Crippen molar-refractivity contribution in [2.24, 2.45) is 11.8 Å². The molecule has 0 spiro atoms. The molecule has 33 heavy (non-hydrogen) atoms. The Kier molecular flexibility index (Phi) is 5.05. The third-order valence-corrected chi connectivity index (χ3v) is 8.35. The van der Waals surface area contributed by atoms with Gasteiger partial charge in [-0.2, -0.15) is 0 Å². The Hall–Kier alpha value is -3.01. The third-order valence-electron chi connectivity index (χ3n) is 8.35. The fourth-order valence-electron chi connectivity index (χ4n) is 6.67. The number of quaternary nitrogens is 1. The highest BCUT2D eigenvalue weighted by atomic mass is 16.3. The molecule has 4 aromatic rings. The molecule has 1 N–H and O–H groups in total. The van der Waals surface area contributed by atoms with Gasteiger partial charge in [-0.15, -0.1) is 6.58 Å². The molecule has 5 atom stereocenters. The van der Waals surface area contributed by atoms with Gasteiger partial charge in [0.15, 0.2) is 0 Å². The topological polar surface area (TPSA) is 33.1 Å². The zero-order chi connectivity index (χ0) is 22.4. The predicted molar refractivity (Wildman–Crippen MR) is 135 cm³/mol. The lowest BCUT2D eigenvalue weighted by Crippen LogP contribution is -2.67. The number of aliphatic hydroxyl groups excluding tert-OH is 1. The van der Waals surface area contributed by atoms with Crippen LogP contribution in [0.4, 0.5) is 0 Å². The number of hydrogen-bond acceptors (Lipinski definition) is 2. The predicted octanol–water partition coefficient (Wildman–Crippen LogP) is 6.03. The van der Waals surface area contributed by atoms with E-state index < -0.39 is 6.10 Å². The number of fused-ring (bicyclic) bond motifs is 5. The van der Waals surface area contributed by atoms with Crippen molar-refractivity contribution in [3.63, 3.8) is 0 Å². The maximum absolute atomic E-state index is 11.9. The Labute approximate surface area is 195 Å². The molecule has 166 valence electrons. The summed E-state index contributed by atoms with van der Waals surface area (Å²) in [5.41, 5.74) is 3.33. The van der Waals surface area contributed by atoms with Gasteiger partial charge in [0.2, 0.25) is 0 Å². The second-order valence-corrected chi connectivity index (χ2v) is 10.1. The van der Waals surface area contributed by atoms with Crippen LogP contribution in [0.5, 0.6) is 0 Å². The summed E-state index contributed by atoms with van der Waals surface area (Å²) in [5.74, 6) is 1.14. The number of hydrogen-bond donors (Lipinski definition) is 1. The second-order valence-electron chi connectivity index (χ2n) is 10.1. The van der Waals surface area contributed by atoms with Crippen LogP contribution in [0.15, 0.2) is 91.6 Å². The smallest absolute Gasteiger partial charge is 0.131 e. The third kappa shape index (κ3) is 3.47. The molecular formula is C30H31N2O+. The molecule has 1 aromatic heterocycles. The van der Waals surface area contributed by atoms with E-state index in [1.54, 1.807) is 0 Å². The summed E-state index contributed by atoms with van der Waals surface area (Å²) in [6.07, 6.45) is 5.76. The van der Waals surface area contributed by atoms with Gasteiger partial charge in [-0.3, -0.25) is 4.98 Å². The molecule has 3 aromatic carbocycles. The van der Waals surface area contributed by atoms with E-state index in [0.717, 1.165) is 47.0 Å². The minimum Gasteiger partial charge on any atom is -0.382 e. The van der Waals surface area contributed by atoms with Crippen molar-refractivity contribution in [3.05, 3.63) is 103 Å². The second kappa shape index (κ2) is 8.09. The Morgan fingerprint density at radius 1 is 1.03 bits per heavy atom. The Morgan fingerprint density at radius 2 is 1.85 bits per heavy atom. The first kappa shape index (κ1) is 20.6. The first-order valence-corrected chi connectivity index (χ1v) is 12.1. The lowest BCUT2D eigenvalue weighted by atomic mass is 9.71. The number of nitrogens with zero attached hydrogens (tertiary/aromatic N) is 2. The van der Waals surface area contributed by atoms with Gasteiger partial charge in [0.05, 0.1) is 18.6 Å². The van der Waals surface area contributed by atoms with Gasteiger partial charge < -0.3 is 9.59 Å². The van der Waals surface area contributed by atoms with E-state index in [1.807, 2.05) is 30.5 Å². The van der Waals surface area contributed by atoms with Crippen LogP contribution in [0.2, 0.25) is 0 Å². The van der Waals surface area contributed by atoms with Gasteiger partial charge in [-0.05, 0) is 40.5 Å². The molecule has 0 aliphatic carbocycles. The molecule has 3 aliphatic rings. The van der Waals surface area contributed by atoms with Crippen LogP contribution in [0.3, 0.4) is 0 Å². The molecule has 3 aliphatic heterocycles. The molecule has 3 fully saturated rings. The van der Waals surface area contributed by atoms with Crippen LogP contribution >= 0.6 is 0 Å². The maximum Gasteiger partial charge on any atom is 0.131 e. The van der Waals surface area contributed by atoms with Gasteiger partial charge in [-0.1, -0.05) is 60.7 Å². The SMILES string of the molecule is C=C[C@H]1C[N@+]2(Cc3ccc4ccccc4c3)CC[C@H]1C[C@@H]2[C@H](O)c1ccnc2ccccc12. The largest absolute Gasteiger partial charge is 0.382 e. The molecule has 7 rings (SSSR count). The van der Waals surface area contributed by atoms with Crippen LogP contribution in [-0.4, -0.2) is 33.7 Å². The number of aromatic nitrogens is 1. The zero-order valence-electron chi connectivity index (χ0n) is 19.0. The number of benzene rings is 3. The number of aliphatic hydroxyl groups is 1. The van der Waals surface area contributed by atoms with Crippen molar-refractivity contribution >= 4 is 21.7 Å². The highest BCUT2D eigenvalue weighted by Crippen LogP contribution is 2.48. The van der Waals surface area contributed by atoms with Crippen LogP contribution in [0, 0.1) is 11.8 Å². The molecule has 3 nitrogen and oxygen atoms in total. The molecule has 0 unspecified atom stereocenters. The van der Waals surface area contributed by atoms with Gasteiger partial charge in [0, 0.05) is 35.9 Å². The van der Waals surface area contributed by atoms with Gasteiger partial charge >= 0.3 is 0 Å². The van der Waals surface area contributed by atoms with Crippen LogP contribution in [0.1, 0.15) is 30.1 Å². The normalized spacial score (nSPS) is 27.6. The van der Waals surface area contributed by atoms with E-state index >= 15 is 0 Å². The summed E-state index contributed by atoms with van der Waals surface area (Å²) in [6, 6.07) is 25.8. The van der Waals surface area contributed by atoms with Crippen molar-refractivity contribution in [1.82, 2.24) is 4.98 Å². The molecule has 2 bridgehead atoms. The molecule has 0 amide bonds. The maximum atomic E-state index is 11.9. The fraction of sp³-hybridized carbons (Fsp3) is 0.300. The lowest BCUT2D eigenvalue weighted by molar-refractivity contribution is -0.984. The number of piperidine rings is 3. The molecule has 3 heteroatoms. The van der Waals surface area contributed by atoms with E-state index in [2.05, 4.69) is 66.2 Å². The highest BCUT2D eigenvalue weighted by Gasteiger charge is 2.53. The fourth-order valence-corrected chi connectivity index (χ4v) is 6.67. The number of pyridine rings is 1. The van der Waals surface area contributed by atoms with Crippen LogP contribution < -0.4 is 0 Å². The lowest BCUT2D eigenvalue weighted by Gasteiger charge is -2.58. The molecular weight excluding hydrogens is 404 g/mol. The number of para-hydroxylation sites is 1. The molecule has 3 saturated heterocycles. The standard InChI is InChI=1S/C30H31N2O/c1-2-22-20-32(19-21-11-12-23-7-3-4-8-24(23)17-21)16-14-25(22)18-29(32)30(33)27-13-15-31-28-10-6-5-9-26(27)28/h2-13,15,17,22,25,29-30,33H,1,14,16,18-20H2/q+1/t22-,25-,29+,30+,32+/m0/s1. The van der Waals surface area contributed by atoms with E-state index in [4.69, 9.17) is 0 Å². The molecule has 4 heterocycles. The van der Waals surface area contributed by atoms with Gasteiger partial charge in [0.1, 0.15) is 18.7 Å². The van der Waals surface area contributed by atoms with E-state index in [9.17, 15) is 5.11 Å². The zero-order valence-corrected chi connectivity index (χ0v) is 19.0. The number of rotatable bonds is 5. The van der Waals surface area contributed by atoms with E-state index in [0.29, 0.717) is 11.8 Å². The average molecular weight is 436 g/mol. The quantitative estimate of drug-likeness (QED) is 0.307. The molecule has 0 saturated carbocycles. The summed E-state index contributed by atoms with van der Waals surface area (Å²) < 4.78 is 0.934. The van der Waals surface area contributed by atoms with Crippen molar-refractivity contribution in [1.29, 1.82) is 0 Å². The first-order chi connectivity index (χ1) is 16.2. The summed E-state index contributed by atoms with van der Waals surface area (Å²) >= 11 is 0. The van der Waals surface area contributed by atoms with Gasteiger partial charge in [-0.25, -0.2) is 0 Å². The van der Waals surface area contributed by atoms with Gasteiger partial charge in [0.25, 0.3) is 0 Å². The van der Waals surface area contributed by atoms with Crippen molar-refractivity contribution in [3.8, 4) is 0 Å². The highest BCUT2D eigenvalue weighted by molar-refractivity contribution is 5.83. The van der Waals surface area contributed by atoms with Crippen molar-refractivity contribution < 1.29 is 9.59 Å². The Balaban J connectivity index is 1.41. The Morgan fingerprint density at radius 3 is 2.73 bits per heavy atom. The van der Waals surface area contributed by atoms with Crippen molar-refractivity contribution in [2.75, 3.05) is 13.1 Å². The summed E-state index contributed by atoms with van der Waals surface area (Å²) in [7, 11) is 0. The van der Waals surface area contributed by atoms with Crippen molar-refractivity contribution in [2.45, 2.75) is 31.5 Å². The minimum absolute atomic E-state index is 0.178. The van der Waals surface area contributed by atoms with E-state index in [-0.39, 0.29) is 6.04 Å². The van der Waals surface area contributed by atoms with Crippen LogP contribution in [-0.2, 0) is 6.54 Å². The Bertz CT molecular complexity index is 1330.